The summed E-state index contributed by atoms with van der Waals surface area (Å²) in [6, 6.07) is 16.3. The maximum atomic E-state index is 4.21. The van der Waals surface area contributed by atoms with Crippen molar-refractivity contribution in [2.45, 2.75) is 13.0 Å². The summed E-state index contributed by atoms with van der Waals surface area (Å²) >= 11 is 0. The number of hydrogen-bond donors (Lipinski definition) is 1. The third-order valence-corrected chi connectivity index (χ3v) is 3.08. The summed E-state index contributed by atoms with van der Waals surface area (Å²) in [6.45, 7) is 1.78. The van der Waals surface area contributed by atoms with E-state index in [1.54, 1.807) is 0 Å². The summed E-state index contributed by atoms with van der Waals surface area (Å²) in [5.41, 5.74) is 2.20. The number of rotatable bonds is 5. The highest BCUT2D eigenvalue weighted by molar-refractivity contribution is 5.37. The molecule has 0 aliphatic heterocycles. The van der Waals surface area contributed by atoms with Gasteiger partial charge in [-0.1, -0.05) is 36.4 Å². The van der Waals surface area contributed by atoms with Gasteiger partial charge in [-0.15, -0.1) is 10.2 Å². The SMILES string of the molecule is c1ccc(CNCCc2nnc3ccccn23)cc1. The van der Waals surface area contributed by atoms with Crippen LogP contribution in [0.15, 0.2) is 54.7 Å². The Kier molecular flexibility index (Phi) is 3.51. The van der Waals surface area contributed by atoms with Crippen molar-refractivity contribution in [1.82, 2.24) is 19.9 Å². The topological polar surface area (TPSA) is 42.2 Å². The van der Waals surface area contributed by atoms with Gasteiger partial charge < -0.3 is 5.32 Å². The van der Waals surface area contributed by atoms with Crippen molar-refractivity contribution in [3.63, 3.8) is 0 Å². The summed E-state index contributed by atoms with van der Waals surface area (Å²) in [4.78, 5) is 0. The molecule has 0 atom stereocenters. The summed E-state index contributed by atoms with van der Waals surface area (Å²) < 4.78 is 2.03. The lowest BCUT2D eigenvalue weighted by atomic mass is 10.2. The number of aromatic nitrogens is 3. The van der Waals surface area contributed by atoms with Crippen molar-refractivity contribution in [2.75, 3.05) is 6.54 Å². The van der Waals surface area contributed by atoms with Crippen molar-refractivity contribution in [3.05, 3.63) is 66.1 Å². The van der Waals surface area contributed by atoms with Crippen LogP contribution >= 0.6 is 0 Å². The summed E-state index contributed by atoms with van der Waals surface area (Å²) in [5.74, 6) is 0.996. The fourth-order valence-electron chi connectivity index (χ4n) is 2.09. The van der Waals surface area contributed by atoms with E-state index < -0.39 is 0 Å². The predicted octanol–water partition coefficient (Wildman–Crippen LogP) is 2.06. The van der Waals surface area contributed by atoms with Crippen LogP contribution in [0.3, 0.4) is 0 Å². The zero-order valence-corrected chi connectivity index (χ0v) is 10.7. The average Bonchev–Trinajstić information content (AvgIpc) is 2.88. The summed E-state index contributed by atoms with van der Waals surface area (Å²) in [6.07, 6.45) is 2.87. The molecular weight excluding hydrogens is 236 g/mol. The van der Waals surface area contributed by atoms with E-state index in [1.165, 1.54) is 5.56 Å². The van der Waals surface area contributed by atoms with Gasteiger partial charge in [0.25, 0.3) is 0 Å². The van der Waals surface area contributed by atoms with Crippen LogP contribution in [0.1, 0.15) is 11.4 Å². The first-order valence-corrected chi connectivity index (χ1v) is 6.47. The third kappa shape index (κ3) is 2.80. The molecule has 0 radical (unpaired) electrons. The Bertz CT molecular complexity index is 645. The van der Waals surface area contributed by atoms with Crippen molar-refractivity contribution in [3.8, 4) is 0 Å². The Balaban J connectivity index is 1.55. The zero-order valence-electron chi connectivity index (χ0n) is 10.7. The van der Waals surface area contributed by atoms with Crippen LogP contribution < -0.4 is 5.32 Å². The molecule has 3 aromatic rings. The number of nitrogens with one attached hydrogen (secondary N) is 1. The van der Waals surface area contributed by atoms with E-state index in [9.17, 15) is 0 Å². The van der Waals surface area contributed by atoms with Gasteiger partial charge in [0.2, 0.25) is 0 Å². The van der Waals surface area contributed by atoms with E-state index in [4.69, 9.17) is 0 Å². The molecule has 0 amide bonds. The minimum atomic E-state index is 0.873. The average molecular weight is 252 g/mol. The second-order valence-electron chi connectivity index (χ2n) is 4.46. The molecule has 4 heteroatoms. The first-order valence-electron chi connectivity index (χ1n) is 6.47. The molecule has 0 aliphatic carbocycles. The largest absolute Gasteiger partial charge is 0.312 e. The molecule has 2 heterocycles. The van der Waals surface area contributed by atoms with Crippen molar-refractivity contribution in [2.24, 2.45) is 0 Å². The maximum absolute atomic E-state index is 4.21. The van der Waals surface area contributed by atoms with Gasteiger partial charge in [0, 0.05) is 25.7 Å². The van der Waals surface area contributed by atoms with E-state index in [-0.39, 0.29) is 0 Å². The van der Waals surface area contributed by atoms with Gasteiger partial charge in [-0.25, -0.2) is 0 Å². The smallest absolute Gasteiger partial charge is 0.160 e. The third-order valence-electron chi connectivity index (χ3n) is 3.08. The molecule has 1 N–H and O–H groups in total. The molecule has 0 saturated heterocycles. The molecule has 0 bridgehead atoms. The van der Waals surface area contributed by atoms with Crippen LogP contribution in [0, 0.1) is 0 Å². The molecule has 4 nitrogen and oxygen atoms in total. The van der Waals surface area contributed by atoms with Crippen LogP contribution in [0.5, 0.6) is 0 Å². The van der Waals surface area contributed by atoms with Gasteiger partial charge in [0.05, 0.1) is 0 Å². The number of benzene rings is 1. The van der Waals surface area contributed by atoms with Gasteiger partial charge >= 0.3 is 0 Å². The van der Waals surface area contributed by atoms with E-state index in [0.717, 1.165) is 31.0 Å². The lowest BCUT2D eigenvalue weighted by Gasteiger charge is -2.04. The molecule has 19 heavy (non-hydrogen) atoms. The Morgan fingerprint density at radius 3 is 2.68 bits per heavy atom. The highest BCUT2D eigenvalue weighted by Crippen LogP contribution is 2.03. The Hall–Kier alpha value is -2.20. The number of nitrogens with zero attached hydrogens (tertiary/aromatic N) is 3. The van der Waals surface area contributed by atoms with Gasteiger partial charge in [-0.05, 0) is 17.7 Å². The van der Waals surface area contributed by atoms with Gasteiger partial charge in [0.1, 0.15) is 5.82 Å². The Morgan fingerprint density at radius 2 is 1.79 bits per heavy atom. The summed E-state index contributed by atoms with van der Waals surface area (Å²) in [5, 5.41) is 11.8. The van der Waals surface area contributed by atoms with Crippen LogP contribution in [-0.2, 0) is 13.0 Å². The number of pyridine rings is 1. The standard InChI is InChI=1S/C15H16N4/c1-2-6-13(7-3-1)12-16-10-9-15-18-17-14-8-4-5-11-19(14)15/h1-8,11,16H,9-10,12H2. The van der Waals surface area contributed by atoms with E-state index in [1.807, 2.05) is 34.9 Å². The minimum absolute atomic E-state index is 0.873. The molecule has 3 rings (SSSR count). The Labute approximate surface area is 112 Å². The van der Waals surface area contributed by atoms with Crippen LogP contribution in [0.4, 0.5) is 0 Å². The van der Waals surface area contributed by atoms with Crippen molar-refractivity contribution < 1.29 is 0 Å². The second kappa shape index (κ2) is 5.63. The van der Waals surface area contributed by atoms with Crippen LogP contribution in [0.25, 0.3) is 5.65 Å². The molecule has 0 unspecified atom stereocenters. The van der Waals surface area contributed by atoms with Crippen LogP contribution in [0.2, 0.25) is 0 Å². The molecule has 0 spiro atoms. The molecular formula is C15H16N4. The molecule has 0 saturated carbocycles. The van der Waals surface area contributed by atoms with E-state index >= 15 is 0 Å². The normalized spacial score (nSPS) is 10.9. The zero-order chi connectivity index (χ0) is 12.9. The summed E-state index contributed by atoms with van der Waals surface area (Å²) in [7, 11) is 0. The fraction of sp³-hybridized carbons (Fsp3) is 0.200. The van der Waals surface area contributed by atoms with E-state index in [2.05, 4.69) is 39.8 Å². The lowest BCUT2D eigenvalue weighted by Crippen LogP contribution is -2.17. The van der Waals surface area contributed by atoms with Gasteiger partial charge in [0.15, 0.2) is 5.65 Å². The highest BCUT2D eigenvalue weighted by atomic mass is 15.2. The highest BCUT2D eigenvalue weighted by Gasteiger charge is 2.03. The first-order chi connectivity index (χ1) is 9.43. The first kappa shape index (κ1) is 11.9. The van der Waals surface area contributed by atoms with Crippen molar-refractivity contribution >= 4 is 5.65 Å². The minimum Gasteiger partial charge on any atom is -0.312 e. The lowest BCUT2D eigenvalue weighted by molar-refractivity contribution is 0.667. The maximum Gasteiger partial charge on any atom is 0.160 e. The van der Waals surface area contributed by atoms with E-state index in [0.29, 0.717) is 0 Å². The number of hydrogen-bond acceptors (Lipinski definition) is 3. The fourth-order valence-corrected chi connectivity index (χ4v) is 2.09. The van der Waals surface area contributed by atoms with Gasteiger partial charge in [-0.2, -0.15) is 0 Å². The van der Waals surface area contributed by atoms with Gasteiger partial charge in [-0.3, -0.25) is 4.40 Å². The van der Waals surface area contributed by atoms with Crippen LogP contribution in [-0.4, -0.2) is 21.1 Å². The molecule has 96 valence electrons. The molecule has 0 fully saturated rings. The number of fused-ring (bicyclic) bond motifs is 1. The monoisotopic (exact) mass is 252 g/mol. The van der Waals surface area contributed by atoms with Crippen molar-refractivity contribution in [1.29, 1.82) is 0 Å². The predicted molar refractivity (Wildman–Crippen MR) is 74.8 cm³/mol. The Morgan fingerprint density at radius 1 is 0.947 bits per heavy atom. The molecule has 1 aromatic carbocycles. The molecule has 2 aromatic heterocycles. The quantitative estimate of drug-likeness (QED) is 0.707. The molecule has 0 aliphatic rings. The second-order valence-corrected chi connectivity index (χ2v) is 4.46.